The van der Waals surface area contributed by atoms with Crippen molar-refractivity contribution >= 4 is 5.91 Å². The van der Waals surface area contributed by atoms with Crippen molar-refractivity contribution in [2.75, 3.05) is 19.6 Å². The zero-order chi connectivity index (χ0) is 21.5. The Bertz CT molecular complexity index is 915. The molecule has 0 bridgehead atoms. The molecule has 4 rings (SSSR count). The van der Waals surface area contributed by atoms with Gasteiger partial charge in [0.1, 0.15) is 11.6 Å². The second kappa shape index (κ2) is 7.94. The highest BCUT2D eigenvalue weighted by Crippen LogP contribution is 2.51. The molecule has 1 saturated heterocycles. The Morgan fingerprint density at radius 1 is 1.33 bits per heavy atom. The highest BCUT2D eigenvalue weighted by molar-refractivity contribution is 5.94. The van der Waals surface area contributed by atoms with Gasteiger partial charge in [0, 0.05) is 43.9 Å². The van der Waals surface area contributed by atoms with Gasteiger partial charge >= 0.3 is 6.36 Å². The smallest absolute Gasteiger partial charge is 0.406 e. The molecule has 2 aromatic rings. The molecule has 1 amide bonds. The van der Waals surface area contributed by atoms with E-state index in [9.17, 15) is 18.0 Å². The SMILES string of the molecule is CCc1nc(CN2CC3C(CNC(=O)c4cccc(OC(F)(F)F)c4)C3C2)c(C)[nH]1. The number of halogens is 3. The third kappa shape index (κ3) is 4.61. The van der Waals surface area contributed by atoms with E-state index in [0.29, 0.717) is 24.3 Å². The third-order valence-corrected chi connectivity index (χ3v) is 6.02. The summed E-state index contributed by atoms with van der Waals surface area (Å²) in [6.07, 6.45) is -3.89. The first kappa shape index (κ1) is 20.7. The van der Waals surface area contributed by atoms with Gasteiger partial charge in [0.2, 0.25) is 0 Å². The monoisotopic (exact) mass is 422 g/mol. The van der Waals surface area contributed by atoms with Crippen molar-refractivity contribution < 1.29 is 22.7 Å². The van der Waals surface area contributed by atoms with Crippen LogP contribution in [0.1, 0.15) is 34.5 Å². The summed E-state index contributed by atoms with van der Waals surface area (Å²) in [6.45, 7) is 7.45. The quantitative estimate of drug-likeness (QED) is 0.719. The molecule has 2 atom stereocenters. The molecule has 1 aromatic carbocycles. The topological polar surface area (TPSA) is 70.2 Å². The van der Waals surface area contributed by atoms with Crippen LogP contribution < -0.4 is 10.1 Å². The molecule has 0 radical (unpaired) electrons. The molecule has 1 aromatic heterocycles. The number of rotatable bonds is 7. The van der Waals surface area contributed by atoms with Crippen LogP contribution in [-0.2, 0) is 13.0 Å². The first-order valence-corrected chi connectivity index (χ1v) is 10.1. The summed E-state index contributed by atoms with van der Waals surface area (Å²) in [7, 11) is 0. The molecule has 30 heavy (non-hydrogen) atoms. The van der Waals surface area contributed by atoms with Crippen LogP contribution >= 0.6 is 0 Å². The Labute approximate surface area is 172 Å². The Morgan fingerprint density at radius 2 is 2.07 bits per heavy atom. The lowest BCUT2D eigenvalue weighted by molar-refractivity contribution is -0.274. The van der Waals surface area contributed by atoms with E-state index in [1.165, 1.54) is 18.2 Å². The Hall–Kier alpha value is -2.55. The second-order valence-corrected chi connectivity index (χ2v) is 8.08. The number of aromatic amines is 1. The fourth-order valence-electron chi connectivity index (χ4n) is 4.41. The number of nitrogens with zero attached hydrogens (tertiary/aromatic N) is 2. The molecular formula is C21H25F3N4O2. The van der Waals surface area contributed by atoms with Crippen LogP contribution in [0.2, 0.25) is 0 Å². The van der Waals surface area contributed by atoms with Gasteiger partial charge in [-0.15, -0.1) is 13.2 Å². The van der Waals surface area contributed by atoms with Crippen LogP contribution in [-0.4, -0.2) is 46.8 Å². The minimum Gasteiger partial charge on any atom is -0.406 e. The van der Waals surface area contributed by atoms with E-state index in [1.54, 1.807) is 0 Å². The lowest BCUT2D eigenvalue weighted by atomic mass is 10.2. The fourth-order valence-corrected chi connectivity index (χ4v) is 4.41. The number of likely N-dealkylation sites (tertiary alicyclic amines) is 1. The number of hydrogen-bond donors (Lipinski definition) is 2. The van der Waals surface area contributed by atoms with Gasteiger partial charge in [-0.3, -0.25) is 9.69 Å². The second-order valence-electron chi connectivity index (χ2n) is 8.08. The summed E-state index contributed by atoms with van der Waals surface area (Å²) < 4.78 is 40.9. The van der Waals surface area contributed by atoms with E-state index in [4.69, 9.17) is 0 Å². The van der Waals surface area contributed by atoms with Crippen LogP contribution in [0.25, 0.3) is 0 Å². The minimum atomic E-state index is -4.78. The number of nitrogens with one attached hydrogen (secondary N) is 2. The summed E-state index contributed by atoms with van der Waals surface area (Å²) >= 11 is 0. The molecule has 1 aliphatic heterocycles. The molecule has 2 N–H and O–H groups in total. The number of hydrogen-bond acceptors (Lipinski definition) is 4. The number of piperidine rings is 1. The molecule has 2 unspecified atom stereocenters. The van der Waals surface area contributed by atoms with E-state index >= 15 is 0 Å². The zero-order valence-electron chi connectivity index (χ0n) is 16.9. The van der Waals surface area contributed by atoms with Gasteiger partial charge in [0.25, 0.3) is 5.91 Å². The minimum absolute atomic E-state index is 0.157. The van der Waals surface area contributed by atoms with Crippen molar-refractivity contribution in [2.45, 2.75) is 33.2 Å². The molecule has 2 fully saturated rings. The highest BCUT2D eigenvalue weighted by atomic mass is 19.4. The van der Waals surface area contributed by atoms with Gasteiger partial charge in [-0.2, -0.15) is 0 Å². The maximum absolute atomic E-state index is 12.3. The molecule has 162 valence electrons. The number of ether oxygens (including phenoxy) is 1. The maximum Gasteiger partial charge on any atom is 0.573 e. The molecule has 1 saturated carbocycles. The Kier molecular flexibility index (Phi) is 5.48. The number of fused-ring (bicyclic) bond motifs is 1. The first-order valence-electron chi connectivity index (χ1n) is 10.1. The van der Waals surface area contributed by atoms with Crippen LogP contribution in [0.4, 0.5) is 13.2 Å². The van der Waals surface area contributed by atoms with Gasteiger partial charge in [-0.05, 0) is 42.9 Å². The van der Waals surface area contributed by atoms with E-state index in [-0.39, 0.29) is 11.5 Å². The van der Waals surface area contributed by atoms with Gasteiger partial charge in [-0.1, -0.05) is 13.0 Å². The number of H-pyrrole nitrogens is 1. The van der Waals surface area contributed by atoms with Gasteiger partial charge in [-0.25, -0.2) is 4.98 Å². The lowest BCUT2D eigenvalue weighted by Gasteiger charge is -2.19. The largest absolute Gasteiger partial charge is 0.573 e. The van der Waals surface area contributed by atoms with E-state index in [2.05, 4.69) is 31.8 Å². The van der Waals surface area contributed by atoms with Gasteiger partial charge in [0.05, 0.1) is 5.69 Å². The van der Waals surface area contributed by atoms with Crippen molar-refractivity contribution in [2.24, 2.45) is 17.8 Å². The van der Waals surface area contributed by atoms with E-state index < -0.39 is 12.1 Å². The number of carbonyl (C=O) groups is 1. The average Bonchev–Trinajstić information content (AvgIpc) is 2.99. The number of benzene rings is 1. The summed E-state index contributed by atoms with van der Waals surface area (Å²) in [6, 6.07) is 5.13. The van der Waals surface area contributed by atoms with Crippen molar-refractivity contribution in [3.05, 3.63) is 47.0 Å². The number of imidazole rings is 1. The van der Waals surface area contributed by atoms with Crippen LogP contribution in [0.5, 0.6) is 5.75 Å². The standard InChI is InChI=1S/C21H25F3N4O2/c1-3-19-26-12(2)18(27-19)11-28-9-16-15(17(16)10-28)8-25-20(29)13-5-4-6-14(7-13)30-21(22,23)24/h4-7,15-17H,3,8-11H2,1-2H3,(H,25,29)(H,26,27). The summed E-state index contributed by atoms with van der Waals surface area (Å²) in [5.41, 5.74) is 2.37. The normalized spacial score (nSPS) is 23.3. The van der Waals surface area contributed by atoms with Crippen molar-refractivity contribution in [3.8, 4) is 5.75 Å². The van der Waals surface area contributed by atoms with E-state index in [0.717, 1.165) is 49.3 Å². The number of alkyl halides is 3. The predicted molar refractivity (Wildman–Crippen MR) is 104 cm³/mol. The van der Waals surface area contributed by atoms with Crippen LogP contribution in [0.15, 0.2) is 24.3 Å². The highest BCUT2D eigenvalue weighted by Gasteiger charge is 2.55. The molecular weight excluding hydrogens is 397 g/mol. The first-order chi connectivity index (χ1) is 14.2. The fraction of sp³-hybridized carbons (Fsp3) is 0.524. The van der Waals surface area contributed by atoms with Crippen LogP contribution in [0, 0.1) is 24.7 Å². The van der Waals surface area contributed by atoms with Gasteiger partial charge in [0.15, 0.2) is 0 Å². The molecule has 1 aliphatic carbocycles. The molecule has 9 heteroatoms. The van der Waals surface area contributed by atoms with Crippen molar-refractivity contribution in [1.29, 1.82) is 0 Å². The number of amides is 1. The number of aromatic nitrogens is 2. The molecule has 2 heterocycles. The number of carbonyl (C=O) groups excluding carboxylic acids is 1. The molecule has 6 nitrogen and oxygen atoms in total. The Balaban J connectivity index is 1.24. The van der Waals surface area contributed by atoms with Crippen molar-refractivity contribution in [3.63, 3.8) is 0 Å². The lowest BCUT2D eigenvalue weighted by Crippen LogP contribution is -2.30. The summed E-state index contributed by atoms with van der Waals surface area (Å²) in [5.74, 6) is 1.76. The van der Waals surface area contributed by atoms with Gasteiger partial charge < -0.3 is 15.0 Å². The summed E-state index contributed by atoms with van der Waals surface area (Å²) in [4.78, 5) is 22.7. The maximum atomic E-state index is 12.3. The number of aryl methyl sites for hydroxylation is 2. The third-order valence-electron chi connectivity index (χ3n) is 6.02. The predicted octanol–water partition coefficient (Wildman–Crippen LogP) is 3.29. The average molecular weight is 422 g/mol. The zero-order valence-corrected chi connectivity index (χ0v) is 16.9. The molecule has 0 spiro atoms. The van der Waals surface area contributed by atoms with E-state index in [1.807, 2.05) is 6.92 Å². The summed E-state index contributed by atoms with van der Waals surface area (Å²) in [5, 5.41) is 2.85. The van der Waals surface area contributed by atoms with Crippen molar-refractivity contribution in [1.82, 2.24) is 20.2 Å². The molecule has 2 aliphatic rings. The Morgan fingerprint density at radius 3 is 2.70 bits per heavy atom. The van der Waals surface area contributed by atoms with Crippen LogP contribution in [0.3, 0.4) is 0 Å².